The molecule has 0 fully saturated rings. The number of methoxy groups -OCH3 is 1. The second kappa shape index (κ2) is 15.9. The third kappa shape index (κ3) is 9.14. The molecule has 1 aliphatic heterocycles. The van der Waals surface area contributed by atoms with E-state index in [1.54, 1.807) is 39.0 Å². The maximum atomic E-state index is 12.4. The number of hydrazone groups is 1. The molecule has 2 atom stereocenters. The molecule has 3 rings (SSSR count). The predicted molar refractivity (Wildman–Crippen MR) is 158 cm³/mol. The topological polar surface area (TPSA) is 166 Å². The van der Waals surface area contributed by atoms with Crippen LogP contribution in [0.4, 0.5) is 4.79 Å². The van der Waals surface area contributed by atoms with Crippen molar-refractivity contribution in [1.82, 2.24) is 16.1 Å². The fraction of sp³-hybridized carbons (Fsp3) is 0.357. The number of carbonyl (C=O) groups is 3. The molecule has 0 aliphatic carbocycles. The van der Waals surface area contributed by atoms with Gasteiger partial charge in [-0.15, -0.1) is 0 Å². The molecule has 2 amide bonds. The lowest BCUT2D eigenvalue weighted by molar-refractivity contribution is -0.145. The zero-order chi connectivity index (χ0) is 31.5. The van der Waals surface area contributed by atoms with E-state index < -0.39 is 30.2 Å². The summed E-state index contributed by atoms with van der Waals surface area (Å²) in [5.41, 5.74) is 4.02. The number of benzene rings is 2. The summed E-state index contributed by atoms with van der Waals surface area (Å²) in [6.07, 6.45) is 0.0491. The van der Waals surface area contributed by atoms with Crippen LogP contribution in [0, 0.1) is 0 Å². The van der Waals surface area contributed by atoms with Crippen LogP contribution in [-0.4, -0.2) is 69.1 Å². The number of nitrogens with one attached hydrogen (secondary N) is 3. The Morgan fingerprint density at radius 1 is 1.12 bits per heavy atom. The number of hydrogen-bond acceptors (Lipinski definition) is 11. The van der Waals surface area contributed by atoms with Crippen molar-refractivity contribution in [2.24, 2.45) is 5.10 Å². The van der Waals surface area contributed by atoms with Crippen molar-refractivity contribution in [2.45, 2.75) is 33.0 Å². The van der Waals surface area contributed by atoms with E-state index in [1.165, 1.54) is 25.5 Å². The van der Waals surface area contributed by atoms with Gasteiger partial charge in [-0.1, -0.05) is 29.3 Å². The summed E-state index contributed by atoms with van der Waals surface area (Å²) in [7, 11) is 1.26. The number of carbonyl (C=O) groups excluding carboxylic acids is 3. The van der Waals surface area contributed by atoms with Crippen molar-refractivity contribution >= 4 is 47.4 Å². The Hall–Kier alpha value is -4.20. The van der Waals surface area contributed by atoms with E-state index in [4.69, 9.17) is 46.9 Å². The predicted octanol–water partition coefficient (Wildman–Crippen LogP) is 3.46. The van der Waals surface area contributed by atoms with Crippen LogP contribution in [0.5, 0.6) is 17.2 Å². The SMILES string of the molecule is CCOC(=O)COc1c(Cl)cc(Cl)cc1/C=N/N[C@H](O)COc1ccc([C@H]2NC(=O)NC(C)=C2C(=O)OC)cc1OCC. The molecule has 2 aromatic rings. The molecular weight excluding hydrogens is 607 g/mol. The van der Waals surface area contributed by atoms with Crippen molar-refractivity contribution in [1.29, 1.82) is 0 Å². The molecule has 4 N–H and O–H groups in total. The summed E-state index contributed by atoms with van der Waals surface area (Å²) >= 11 is 12.3. The highest BCUT2D eigenvalue weighted by atomic mass is 35.5. The number of hydrogen-bond donors (Lipinski definition) is 4. The van der Waals surface area contributed by atoms with Crippen molar-refractivity contribution in [2.75, 3.05) is 33.5 Å². The molecular formula is C28H32Cl2N4O9. The zero-order valence-electron chi connectivity index (χ0n) is 23.9. The van der Waals surface area contributed by atoms with Gasteiger partial charge in [0.05, 0.1) is 43.2 Å². The van der Waals surface area contributed by atoms with Gasteiger partial charge in [0.2, 0.25) is 0 Å². The average Bonchev–Trinajstić information content (AvgIpc) is 2.95. The number of ether oxygens (including phenoxy) is 5. The minimum Gasteiger partial charge on any atom is -0.490 e. The highest BCUT2D eigenvalue weighted by molar-refractivity contribution is 6.36. The van der Waals surface area contributed by atoms with Crippen LogP contribution in [0.2, 0.25) is 10.0 Å². The second-order valence-corrected chi connectivity index (χ2v) is 9.66. The molecule has 0 saturated heterocycles. The maximum Gasteiger partial charge on any atom is 0.344 e. The molecule has 0 aromatic heterocycles. The maximum absolute atomic E-state index is 12.4. The molecule has 0 bridgehead atoms. The van der Waals surface area contributed by atoms with E-state index in [-0.39, 0.29) is 36.2 Å². The van der Waals surface area contributed by atoms with Gasteiger partial charge in [0.25, 0.3) is 0 Å². The number of esters is 2. The van der Waals surface area contributed by atoms with Gasteiger partial charge >= 0.3 is 18.0 Å². The highest BCUT2D eigenvalue weighted by Crippen LogP contribution is 2.35. The van der Waals surface area contributed by atoms with Gasteiger partial charge in [0.15, 0.2) is 24.3 Å². The lowest BCUT2D eigenvalue weighted by Crippen LogP contribution is -2.45. The lowest BCUT2D eigenvalue weighted by Gasteiger charge is -2.28. The van der Waals surface area contributed by atoms with Crippen LogP contribution in [0.25, 0.3) is 0 Å². The van der Waals surface area contributed by atoms with E-state index >= 15 is 0 Å². The summed E-state index contributed by atoms with van der Waals surface area (Å²) in [6, 6.07) is 6.59. The van der Waals surface area contributed by atoms with Crippen LogP contribution >= 0.6 is 23.2 Å². The first-order valence-electron chi connectivity index (χ1n) is 13.1. The molecule has 0 radical (unpaired) electrons. The number of rotatable bonds is 14. The molecule has 2 aromatic carbocycles. The largest absolute Gasteiger partial charge is 0.490 e. The Bertz CT molecular complexity index is 1400. The number of allylic oxidation sites excluding steroid dienone is 1. The van der Waals surface area contributed by atoms with Crippen molar-refractivity contribution in [3.8, 4) is 17.2 Å². The Kier molecular flexibility index (Phi) is 12.3. The van der Waals surface area contributed by atoms with E-state index in [0.29, 0.717) is 40.0 Å². The first-order valence-corrected chi connectivity index (χ1v) is 13.8. The van der Waals surface area contributed by atoms with Gasteiger partial charge in [-0.2, -0.15) is 5.10 Å². The highest BCUT2D eigenvalue weighted by Gasteiger charge is 2.32. The normalized spacial score (nSPS) is 15.3. The van der Waals surface area contributed by atoms with E-state index in [2.05, 4.69) is 21.2 Å². The summed E-state index contributed by atoms with van der Waals surface area (Å²) in [5.74, 6) is -0.393. The smallest absolute Gasteiger partial charge is 0.344 e. The molecule has 0 saturated carbocycles. The average molecular weight is 639 g/mol. The minimum atomic E-state index is -1.26. The van der Waals surface area contributed by atoms with Crippen LogP contribution in [0.3, 0.4) is 0 Å². The molecule has 15 heteroatoms. The van der Waals surface area contributed by atoms with E-state index in [1.807, 2.05) is 0 Å². The van der Waals surface area contributed by atoms with Crippen LogP contribution < -0.4 is 30.3 Å². The lowest BCUT2D eigenvalue weighted by atomic mass is 9.95. The Morgan fingerprint density at radius 3 is 2.58 bits per heavy atom. The molecule has 43 heavy (non-hydrogen) atoms. The van der Waals surface area contributed by atoms with Crippen molar-refractivity contribution < 1.29 is 43.2 Å². The molecule has 0 unspecified atom stereocenters. The van der Waals surface area contributed by atoms with Crippen LogP contribution in [0.15, 0.2) is 46.7 Å². The summed E-state index contributed by atoms with van der Waals surface area (Å²) in [5, 5.41) is 20.2. The third-order valence-electron chi connectivity index (χ3n) is 5.78. The zero-order valence-corrected chi connectivity index (χ0v) is 25.4. The minimum absolute atomic E-state index is 0.155. The van der Waals surface area contributed by atoms with Crippen LogP contribution in [0.1, 0.15) is 37.9 Å². The van der Waals surface area contributed by atoms with Crippen LogP contribution in [-0.2, 0) is 19.1 Å². The van der Waals surface area contributed by atoms with Gasteiger partial charge in [0.1, 0.15) is 12.4 Å². The number of aliphatic hydroxyl groups excluding tert-OH is 1. The first kappa shape index (κ1) is 33.3. The first-order chi connectivity index (χ1) is 20.6. The molecule has 1 heterocycles. The summed E-state index contributed by atoms with van der Waals surface area (Å²) in [4.78, 5) is 36.2. The standard InChI is InChI=1S/C28H32Cl2N4O9/c1-5-40-21-10-16(25-24(27(37)39-4)15(3)32-28(38)33-25)7-8-20(21)42-13-22(35)34-31-12-17-9-18(29)11-19(30)26(17)43-14-23(36)41-6-2/h7-12,22,25,34-35H,5-6,13-14H2,1-4H3,(H2,32,33,38)/b31-12+/t22-,25-/m1/s1. The molecule has 1 aliphatic rings. The van der Waals surface area contributed by atoms with Gasteiger partial charge in [-0.25, -0.2) is 14.4 Å². The molecule has 232 valence electrons. The molecule has 0 spiro atoms. The summed E-state index contributed by atoms with van der Waals surface area (Å²) < 4.78 is 26.7. The van der Waals surface area contributed by atoms with Crippen molar-refractivity contribution in [3.05, 3.63) is 62.8 Å². The Balaban J connectivity index is 1.70. The number of amides is 2. The van der Waals surface area contributed by atoms with E-state index in [0.717, 1.165) is 0 Å². The van der Waals surface area contributed by atoms with Gasteiger partial charge in [-0.3, -0.25) is 5.43 Å². The molecule has 13 nitrogen and oxygen atoms in total. The quantitative estimate of drug-likeness (QED) is 0.104. The summed E-state index contributed by atoms with van der Waals surface area (Å²) in [6.45, 7) is 4.95. The van der Waals surface area contributed by atoms with Gasteiger partial charge in [-0.05, 0) is 50.6 Å². The fourth-order valence-electron chi connectivity index (χ4n) is 3.98. The van der Waals surface area contributed by atoms with Crippen molar-refractivity contribution in [3.63, 3.8) is 0 Å². The van der Waals surface area contributed by atoms with Gasteiger partial charge < -0.3 is 39.4 Å². The number of nitrogens with zero attached hydrogens (tertiary/aromatic N) is 1. The fourth-order valence-corrected chi connectivity index (χ4v) is 4.54. The van der Waals surface area contributed by atoms with Gasteiger partial charge in [0, 0.05) is 16.3 Å². The third-order valence-corrected chi connectivity index (χ3v) is 6.28. The number of halogens is 2. The monoisotopic (exact) mass is 638 g/mol. The Labute approximate surface area is 258 Å². The number of urea groups is 1. The second-order valence-electron chi connectivity index (χ2n) is 8.81. The van der Waals surface area contributed by atoms with E-state index in [9.17, 15) is 19.5 Å². The Morgan fingerprint density at radius 2 is 1.88 bits per heavy atom. The number of aliphatic hydroxyl groups is 1.